The molecule has 0 aliphatic heterocycles. The molecule has 0 saturated heterocycles. The van der Waals surface area contributed by atoms with Gasteiger partial charge in [-0.2, -0.15) is 13.2 Å². The molecule has 0 spiro atoms. The van der Waals surface area contributed by atoms with Gasteiger partial charge in [0, 0.05) is 17.7 Å². The van der Waals surface area contributed by atoms with E-state index in [1.807, 2.05) is 0 Å². The predicted molar refractivity (Wildman–Crippen MR) is 106 cm³/mol. The summed E-state index contributed by atoms with van der Waals surface area (Å²) in [5, 5.41) is 12.0. The van der Waals surface area contributed by atoms with Crippen LogP contribution in [0.4, 0.5) is 18.9 Å². The summed E-state index contributed by atoms with van der Waals surface area (Å²) in [4.78, 5) is 16.2. The van der Waals surface area contributed by atoms with Crippen LogP contribution < -0.4 is 11.1 Å². The molecule has 0 saturated carbocycles. The molecule has 0 bridgehead atoms. The summed E-state index contributed by atoms with van der Waals surface area (Å²) in [5.41, 5.74) is 4.64. The van der Waals surface area contributed by atoms with Crippen molar-refractivity contribution in [3.63, 3.8) is 0 Å². The first-order valence-corrected chi connectivity index (χ1v) is 8.90. The van der Waals surface area contributed by atoms with Crippen molar-refractivity contribution >= 4 is 28.9 Å². The maximum Gasteiger partial charge on any atom is 0.430 e. The molecule has 0 radical (unpaired) electrons. The third kappa shape index (κ3) is 6.62. The second-order valence-electron chi connectivity index (χ2n) is 6.18. The van der Waals surface area contributed by atoms with E-state index >= 15 is 0 Å². The monoisotopic (exact) mass is 425 g/mol. The number of carbonyl (C=O) groups is 1. The minimum atomic E-state index is -4.72. The predicted octanol–water partition coefficient (Wildman–Crippen LogP) is 3.98. The molecule has 4 N–H and O–H groups in total. The summed E-state index contributed by atoms with van der Waals surface area (Å²) in [7, 11) is 0. The fourth-order valence-corrected chi connectivity index (χ4v) is 2.39. The highest BCUT2D eigenvalue weighted by Gasteiger charge is 2.31. The summed E-state index contributed by atoms with van der Waals surface area (Å²) in [5.74, 6) is -0.424. The first kappa shape index (κ1) is 22.4. The lowest BCUT2D eigenvalue weighted by Crippen LogP contribution is -2.30. The van der Waals surface area contributed by atoms with Gasteiger partial charge in [0.25, 0.3) is 5.91 Å². The minimum Gasteiger partial charge on any atom is -0.395 e. The zero-order valence-electron chi connectivity index (χ0n) is 15.4. The van der Waals surface area contributed by atoms with Crippen LogP contribution in [0, 0.1) is 0 Å². The van der Waals surface area contributed by atoms with E-state index in [1.165, 1.54) is 31.2 Å². The number of amides is 1. The fraction of sp³-hybridized carbons (Fsp3) is 0.200. The molecule has 2 aromatic rings. The average Bonchev–Trinajstić information content (AvgIpc) is 2.66. The Bertz CT molecular complexity index is 923. The van der Waals surface area contributed by atoms with E-state index in [1.54, 1.807) is 24.3 Å². The summed E-state index contributed by atoms with van der Waals surface area (Å²) in [6.45, 7) is 1.60. The molecule has 154 valence electrons. The lowest BCUT2D eigenvalue weighted by Gasteiger charge is -2.10. The number of benzene rings is 2. The van der Waals surface area contributed by atoms with Gasteiger partial charge < -0.3 is 16.2 Å². The largest absolute Gasteiger partial charge is 0.430 e. The van der Waals surface area contributed by atoms with Gasteiger partial charge in [-0.25, -0.2) is 4.99 Å². The van der Waals surface area contributed by atoms with Crippen molar-refractivity contribution in [2.24, 2.45) is 10.7 Å². The number of para-hydroxylation sites is 1. The molecule has 0 aliphatic rings. The summed E-state index contributed by atoms with van der Waals surface area (Å²) in [6, 6.07) is 12.2. The smallest absolute Gasteiger partial charge is 0.395 e. The van der Waals surface area contributed by atoms with Crippen molar-refractivity contribution in [2.75, 3.05) is 6.54 Å². The Hall–Kier alpha value is -2.84. The first-order valence-electron chi connectivity index (χ1n) is 8.52. The summed E-state index contributed by atoms with van der Waals surface area (Å²) in [6.07, 6.45) is -4.71. The molecular formula is C20H19ClF3N3O2. The molecule has 0 aromatic heterocycles. The second kappa shape index (κ2) is 9.58. The van der Waals surface area contributed by atoms with Crippen LogP contribution in [0.25, 0.3) is 0 Å². The number of carbonyl (C=O) groups excluding carboxylic acids is 1. The third-order valence-electron chi connectivity index (χ3n) is 3.71. The molecule has 5 nitrogen and oxygen atoms in total. The van der Waals surface area contributed by atoms with Crippen LogP contribution in [0.15, 0.2) is 65.3 Å². The van der Waals surface area contributed by atoms with Crippen LogP contribution in [0.2, 0.25) is 5.02 Å². The Morgan fingerprint density at radius 1 is 1.21 bits per heavy atom. The van der Waals surface area contributed by atoms with E-state index in [2.05, 4.69) is 10.3 Å². The van der Waals surface area contributed by atoms with Gasteiger partial charge in [-0.15, -0.1) is 0 Å². The number of alkyl halides is 3. The van der Waals surface area contributed by atoms with E-state index in [-0.39, 0.29) is 28.5 Å². The molecule has 2 rings (SSSR count). The van der Waals surface area contributed by atoms with Gasteiger partial charge in [0.1, 0.15) is 5.70 Å². The van der Waals surface area contributed by atoms with E-state index in [0.717, 1.165) is 0 Å². The molecule has 9 heteroatoms. The van der Waals surface area contributed by atoms with Crippen molar-refractivity contribution in [2.45, 2.75) is 19.2 Å². The van der Waals surface area contributed by atoms with Gasteiger partial charge in [0.05, 0.1) is 22.5 Å². The normalized spacial score (nSPS) is 13.9. The molecule has 29 heavy (non-hydrogen) atoms. The minimum absolute atomic E-state index is 0.0659. The zero-order chi connectivity index (χ0) is 21.6. The van der Waals surface area contributed by atoms with Crippen molar-refractivity contribution in [1.29, 1.82) is 0 Å². The Morgan fingerprint density at radius 3 is 2.34 bits per heavy atom. The number of nitrogens with zero attached hydrogens (tertiary/aromatic N) is 1. The maximum atomic E-state index is 12.9. The number of nitrogens with two attached hydrogens (primary N) is 1. The van der Waals surface area contributed by atoms with Crippen molar-refractivity contribution in [1.82, 2.24) is 5.32 Å². The number of rotatable bonds is 6. The van der Waals surface area contributed by atoms with Crippen LogP contribution >= 0.6 is 11.6 Å². The molecule has 0 unspecified atom stereocenters. The van der Waals surface area contributed by atoms with Gasteiger partial charge in [0.2, 0.25) is 0 Å². The lowest BCUT2D eigenvalue weighted by molar-refractivity contribution is -0.0925. The average molecular weight is 426 g/mol. The lowest BCUT2D eigenvalue weighted by atomic mass is 10.1. The topological polar surface area (TPSA) is 87.7 Å². The zero-order valence-corrected chi connectivity index (χ0v) is 16.1. The van der Waals surface area contributed by atoms with Crippen LogP contribution in [0.3, 0.4) is 0 Å². The molecule has 2 aromatic carbocycles. The number of nitrogens with one attached hydrogen (secondary N) is 1. The van der Waals surface area contributed by atoms with Gasteiger partial charge in [-0.05, 0) is 37.3 Å². The standard InChI is InChI=1S/C20H19ClF3N3O2/c1-12(28)11-26-19(29)14-8-6-13(7-9-14)17(10-18(25)20(22,23)24)27-16-5-3-2-4-15(16)21/h2-10,12,28H,11,25H2,1H3,(H,26,29)/t12-/m1/s1. The molecule has 0 fully saturated rings. The highest BCUT2D eigenvalue weighted by Crippen LogP contribution is 2.27. The van der Waals surface area contributed by atoms with Gasteiger partial charge in [-0.3, -0.25) is 4.79 Å². The van der Waals surface area contributed by atoms with Crippen LogP contribution in [-0.2, 0) is 0 Å². The van der Waals surface area contributed by atoms with Gasteiger partial charge in [0.15, 0.2) is 0 Å². The number of hydrogen-bond donors (Lipinski definition) is 3. The molecule has 1 atom stereocenters. The van der Waals surface area contributed by atoms with E-state index in [9.17, 15) is 23.1 Å². The number of halogens is 4. The molecule has 1 amide bonds. The molecule has 0 aliphatic carbocycles. The maximum absolute atomic E-state index is 12.9. The van der Waals surface area contributed by atoms with Crippen molar-refractivity contribution in [3.05, 3.63) is 76.5 Å². The van der Waals surface area contributed by atoms with Gasteiger partial charge >= 0.3 is 6.18 Å². The Labute approximate surface area is 170 Å². The highest BCUT2D eigenvalue weighted by molar-refractivity contribution is 6.33. The first-order chi connectivity index (χ1) is 13.6. The number of aliphatic imine (C=N–C) groups is 1. The van der Waals surface area contributed by atoms with Crippen LogP contribution in [-0.4, -0.2) is 35.6 Å². The fourth-order valence-electron chi connectivity index (χ4n) is 2.22. The highest BCUT2D eigenvalue weighted by atomic mass is 35.5. The SMILES string of the molecule is C[C@@H](O)CNC(=O)c1ccc(C(C=C(N)C(F)(F)F)=Nc2ccccc2Cl)cc1. The summed E-state index contributed by atoms with van der Waals surface area (Å²) >= 11 is 6.05. The van der Waals surface area contributed by atoms with E-state index in [0.29, 0.717) is 11.6 Å². The number of hydrogen-bond acceptors (Lipinski definition) is 4. The number of allylic oxidation sites excluding steroid dienone is 2. The van der Waals surface area contributed by atoms with E-state index in [4.69, 9.17) is 17.3 Å². The number of aliphatic hydroxyl groups excluding tert-OH is 1. The van der Waals surface area contributed by atoms with Crippen LogP contribution in [0.5, 0.6) is 0 Å². The Kier molecular flexibility index (Phi) is 7.41. The second-order valence-corrected chi connectivity index (χ2v) is 6.59. The number of aliphatic hydroxyl groups is 1. The quantitative estimate of drug-likeness (QED) is 0.612. The summed E-state index contributed by atoms with van der Waals surface area (Å²) < 4.78 is 38.7. The van der Waals surface area contributed by atoms with Crippen LogP contribution in [0.1, 0.15) is 22.8 Å². The van der Waals surface area contributed by atoms with Crippen molar-refractivity contribution in [3.8, 4) is 0 Å². The Morgan fingerprint density at radius 2 is 1.79 bits per heavy atom. The van der Waals surface area contributed by atoms with E-state index < -0.39 is 23.9 Å². The Balaban J connectivity index is 2.42. The third-order valence-corrected chi connectivity index (χ3v) is 4.03. The van der Waals surface area contributed by atoms with Gasteiger partial charge in [-0.1, -0.05) is 35.9 Å². The molecular weight excluding hydrogens is 407 g/mol. The molecule has 0 heterocycles. The van der Waals surface area contributed by atoms with Crippen molar-refractivity contribution < 1.29 is 23.1 Å².